The zero-order valence-corrected chi connectivity index (χ0v) is 35.1. The predicted molar refractivity (Wildman–Crippen MR) is 214 cm³/mol. The van der Waals surface area contributed by atoms with E-state index in [0.29, 0.717) is 48.9 Å². The molecule has 312 valence electrons. The molecule has 0 N–H and O–H groups in total. The van der Waals surface area contributed by atoms with Crippen LogP contribution in [0.4, 0.5) is 8.78 Å². The van der Waals surface area contributed by atoms with Gasteiger partial charge in [-0.05, 0) is 168 Å². The van der Waals surface area contributed by atoms with Crippen molar-refractivity contribution >= 4 is 33.0 Å². The van der Waals surface area contributed by atoms with Gasteiger partial charge in [0.15, 0.2) is 38.0 Å². The summed E-state index contributed by atoms with van der Waals surface area (Å²) in [5, 5.41) is -4.56. The Labute approximate surface area is 343 Å². The Morgan fingerprint density at radius 1 is 0.741 bits per heavy atom. The average molecular weight is 837 g/mol. The highest BCUT2D eigenvalue weighted by molar-refractivity contribution is 7.97. The van der Waals surface area contributed by atoms with Gasteiger partial charge < -0.3 is 18.8 Å². The number of esters is 2. The number of hydrogen-bond acceptors (Lipinski definition) is 8. The first kappa shape index (κ1) is 41.3. The number of benzene rings is 3. The molecule has 11 rings (SSSR count). The minimum Gasteiger partial charge on any atom is -0.743 e. The summed E-state index contributed by atoms with van der Waals surface area (Å²) in [5.74, 6) is 3.86. The number of ether oxygens (including phenoxy) is 3. The Bertz CT molecular complexity index is 1980. The smallest absolute Gasteiger partial charge is 0.367 e. The summed E-state index contributed by atoms with van der Waals surface area (Å²) in [4.78, 5) is 29.1. The van der Waals surface area contributed by atoms with Crippen LogP contribution in [0.1, 0.15) is 88.7 Å². The van der Waals surface area contributed by atoms with Gasteiger partial charge >= 0.3 is 17.2 Å². The highest BCUT2D eigenvalue weighted by Crippen LogP contribution is 2.61. The second-order valence-electron chi connectivity index (χ2n) is 18.4. The molecule has 0 aliphatic heterocycles. The summed E-state index contributed by atoms with van der Waals surface area (Å²) < 4.78 is 74.3. The fraction of sp³-hybridized carbons (Fsp3) is 0.565. The molecule has 8 bridgehead atoms. The summed E-state index contributed by atoms with van der Waals surface area (Å²) >= 11 is 0. The van der Waals surface area contributed by atoms with Gasteiger partial charge in [0, 0.05) is 12.1 Å². The molecule has 0 atom stereocenters. The monoisotopic (exact) mass is 836 g/mol. The molecule has 0 radical (unpaired) electrons. The van der Waals surface area contributed by atoms with E-state index in [-0.39, 0.29) is 29.1 Å². The van der Waals surface area contributed by atoms with Crippen LogP contribution in [0.2, 0.25) is 0 Å². The summed E-state index contributed by atoms with van der Waals surface area (Å²) in [7, 11) is -6.03. The molecule has 0 amide bonds. The maximum Gasteiger partial charge on any atom is 0.367 e. The minimum atomic E-state index is -5.81. The molecule has 0 unspecified atom stereocenters. The average Bonchev–Trinajstić information content (AvgIpc) is 3.16. The van der Waals surface area contributed by atoms with E-state index in [4.69, 9.17) is 9.47 Å². The third kappa shape index (κ3) is 8.18. The quantitative estimate of drug-likeness (QED) is 0.107. The van der Waals surface area contributed by atoms with Crippen LogP contribution in [-0.2, 0) is 40.1 Å². The number of aryl methyl sites for hydroxylation is 2. The van der Waals surface area contributed by atoms with Crippen LogP contribution in [0.5, 0.6) is 5.75 Å². The van der Waals surface area contributed by atoms with Gasteiger partial charge in [0.05, 0.1) is 16.3 Å². The molecule has 8 aliphatic rings. The van der Waals surface area contributed by atoms with Crippen LogP contribution >= 0.6 is 0 Å². The van der Waals surface area contributed by atoms with Crippen molar-refractivity contribution in [2.75, 3.05) is 13.2 Å². The summed E-state index contributed by atoms with van der Waals surface area (Å²) in [6, 6.07) is 25.8. The van der Waals surface area contributed by atoms with Gasteiger partial charge in [0.1, 0.15) is 11.4 Å². The van der Waals surface area contributed by atoms with Crippen LogP contribution < -0.4 is 4.74 Å². The zero-order chi connectivity index (χ0) is 41.0. The lowest BCUT2D eigenvalue weighted by molar-refractivity contribution is -0.204. The summed E-state index contributed by atoms with van der Waals surface area (Å²) in [5.41, 5.74) is 1.04. The first-order valence-electron chi connectivity index (χ1n) is 20.8. The van der Waals surface area contributed by atoms with E-state index in [9.17, 15) is 31.3 Å². The fourth-order valence-electron chi connectivity index (χ4n) is 12.2. The highest BCUT2D eigenvalue weighted by Gasteiger charge is 2.58. The van der Waals surface area contributed by atoms with Gasteiger partial charge in [-0.25, -0.2) is 13.2 Å². The largest absolute Gasteiger partial charge is 0.743 e. The lowest BCUT2D eigenvalue weighted by Gasteiger charge is -2.59. The molecule has 3 aromatic rings. The fourth-order valence-corrected chi connectivity index (χ4v) is 14.7. The molecular weight excluding hydrogens is 783 g/mol. The number of rotatable bonds is 11. The van der Waals surface area contributed by atoms with Crippen LogP contribution in [0, 0.1) is 60.7 Å². The van der Waals surface area contributed by atoms with Gasteiger partial charge in [-0.2, -0.15) is 8.78 Å². The third-order valence-electron chi connectivity index (χ3n) is 14.3. The SMILES string of the molecule is Cc1cc([S+](c2ccccc2)c2ccccc2)cc(C)c1OCC(=O)OC1(C)C2CC3CC(C2)CC1C3.O=C(OCC(F)(F)S(=O)(=O)[O-])C12CC3CC(CC(C3)C1)C2. The lowest BCUT2D eigenvalue weighted by Crippen LogP contribution is -2.58. The Hall–Kier alpha value is -3.48. The van der Waals surface area contributed by atoms with Crippen molar-refractivity contribution in [1.29, 1.82) is 0 Å². The van der Waals surface area contributed by atoms with Crippen LogP contribution in [0.3, 0.4) is 0 Å². The maximum atomic E-state index is 13.1. The van der Waals surface area contributed by atoms with Gasteiger partial charge in [0.2, 0.25) is 0 Å². The predicted octanol–water partition coefficient (Wildman–Crippen LogP) is 9.42. The van der Waals surface area contributed by atoms with Crippen molar-refractivity contribution in [3.8, 4) is 5.75 Å². The summed E-state index contributed by atoms with van der Waals surface area (Å²) in [6.07, 6.45) is 11.4. The van der Waals surface area contributed by atoms with Crippen molar-refractivity contribution in [2.45, 2.75) is 117 Å². The molecule has 8 fully saturated rings. The standard InChI is InChI=1S/C33H37O3S.C13H18F2O5S/c1-22-14-30(37(28-10-6-4-7-11-28)29-12-8-5-9-13-29)15-23(2)32(22)35-21-31(34)36-33(3)26-17-24-16-25(19-26)20-27(33)18-24;14-13(15,21(17,18)19)7-20-11(16)12-4-8-1-9(5-12)3-10(2-8)6-12/h4-15,24-27H,16-21H2,1-3H3;8-10H,1-7H2,(H,17,18,19)/q+1;/p-1. The number of hydrogen-bond donors (Lipinski definition) is 0. The Kier molecular flexibility index (Phi) is 11.3. The summed E-state index contributed by atoms with van der Waals surface area (Å²) in [6.45, 7) is 4.63. The molecule has 8 aliphatic carbocycles. The molecule has 0 spiro atoms. The van der Waals surface area contributed by atoms with E-state index >= 15 is 0 Å². The van der Waals surface area contributed by atoms with Crippen molar-refractivity contribution in [1.82, 2.24) is 0 Å². The normalized spacial score (nSPS) is 31.7. The molecular formula is C46H54F2O8S2. The van der Waals surface area contributed by atoms with Gasteiger partial charge in [-0.3, -0.25) is 4.79 Å². The lowest BCUT2D eigenvalue weighted by atomic mass is 9.49. The van der Waals surface area contributed by atoms with Gasteiger partial charge in [-0.1, -0.05) is 36.4 Å². The Morgan fingerprint density at radius 2 is 1.19 bits per heavy atom. The number of alkyl halides is 2. The zero-order valence-electron chi connectivity index (χ0n) is 33.5. The van der Waals surface area contributed by atoms with Crippen LogP contribution in [0.25, 0.3) is 0 Å². The molecule has 0 heterocycles. The van der Waals surface area contributed by atoms with Crippen molar-refractivity contribution in [3.05, 3.63) is 83.9 Å². The third-order valence-corrected chi connectivity index (χ3v) is 17.3. The van der Waals surface area contributed by atoms with Gasteiger partial charge in [-0.15, -0.1) is 0 Å². The second kappa shape index (κ2) is 15.8. The molecule has 12 heteroatoms. The number of carbonyl (C=O) groups excluding carboxylic acids is 2. The second-order valence-corrected chi connectivity index (χ2v) is 22.0. The number of carbonyl (C=O) groups is 2. The van der Waals surface area contributed by atoms with E-state index in [1.54, 1.807) is 0 Å². The number of halogens is 2. The van der Waals surface area contributed by atoms with Crippen molar-refractivity contribution < 1.29 is 45.6 Å². The van der Waals surface area contributed by atoms with Crippen molar-refractivity contribution in [3.63, 3.8) is 0 Å². The first-order chi connectivity index (χ1) is 27.5. The molecule has 3 aromatic carbocycles. The maximum absolute atomic E-state index is 13.1. The van der Waals surface area contributed by atoms with E-state index < -0.39 is 33.4 Å². The van der Waals surface area contributed by atoms with E-state index in [1.165, 1.54) is 46.8 Å². The van der Waals surface area contributed by atoms with Crippen molar-refractivity contribution in [2.24, 2.45) is 46.8 Å². The Balaban J connectivity index is 0.000000189. The molecule has 58 heavy (non-hydrogen) atoms. The van der Waals surface area contributed by atoms with Crippen LogP contribution in [0.15, 0.2) is 87.5 Å². The van der Waals surface area contributed by atoms with E-state index in [1.807, 2.05) is 0 Å². The molecule has 8 nitrogen and oxygen atoms in total. The van der Waals surface area contributed by atoms with E-state index in [2.05, 4.69) is 98.3 Å². The topological polar surface area (TPSA) is 119 Å². The highest BCUT2D eigenvalue weighted by atomic mass is 32.2. The molecule has 0 aromatic heterocycles. The first-order valence-corrected chi connectivity index (χ1v) is 23.5. The minimum absolute atomic E-state index is 0.0357. The van der Waals surface area contributed by atoms with Gasteiger partial charge in [0.25, 0.3) is 0 Å². The van der Waals surface area contributed by atoms with Crippen LogP contribution in [-0.4, -0.2) is 49.0 Å². The van der Waals surface area contributed by atoms with E-state index in [0.717, 1.165) is 48.0 Å². The molecule has 8 saturated carbocycles. The molecule has 0 saturated heterocycles. The Morgan fingerprint density at radius 3 is 1.64 bits per heavy atom.